The lowest BCUT2D eigenvalue weighted by Crippen LogP contribution is -2.32. The third-order valence-corrected chi connectivity index (χ3v) is 4.24. The number of rotatable bonds is 5. The lowest BCUT2D eigenvalue weighted by atomic mass is 10.1. The number of likely N-dealkylation sites (tertiary alicyclic amines) is 1. The molecule has 0 radical (unpaired) electrons. The predicted octanol–water partition coefficient (Wildman–Crippen LogP) is 1.65. The maximum Gasteiger partial charge on any atom is 0.222 e. The SMILES string of the molecule is Cc1nn(CC(C)C)c(C)c1CCC(=O)N1CC[C@@H](N)C1. The van der Waals surface area contributed by atoms with Crippen LogP contribution in [0.5, 0.6) is 0 Å². The summed E-state index contributed by atoms with van der Waals surface area (Å²) < 4.78 is 2.07. The Morgan fingerprint density at radius 3 is 2.71 bits per heavy atom. The number of nitrogens with zero attached hydrogens (tertiary/aromatic N) is 3. The van der Waals surface area contributed by atoms with Crippen molar-refractivity contribution < 1.29 is 4.79 Å². The number of amides is 1. The zero-order valence-electron chi connectivity index (χ0n) is 13.7. The molecule has 1 atom stereocenters. The molecule has 2 rings (SSSR count). The standard InChI is InChI=1S/C16H28N4O/c1-11(2)9-20-13(4)15(12(3)18-20)5-6-16(21)19-8-7-14(17)10-19/h11,14H,5-10,17H2,1-4H3/t14-/m1/s1. The highest BCUT2D eigenvalue weighted by atomic mass is 16.2. The molecule has 5 nitrogen and oxygen atoms in total. The molecule has 118 valence electrons. The highest BCUT2D eigenvalue weighted by Gasteiger charge is 2.23. The molecule has 0 aromatic carbocycles. The van der Waals surface area contributed by atoms with Gasteiger partial charge in [0.1, 0.15) is 0 Å². The quantitative estimate of drug-likeness (QED) is 0.897. The first-order chi connectivity index (χ1) is 9.88. The largest absolute Gasteiger partial charge is 0.341 e. The number of aromatic nitrogens is 2. The molecular weight excluding hydrogens is 264 g/mol. The maximum atomic E-state index is 12.2. The molecule has 5 heteroatoms. The molecule has 1 saturated heterocycles. The van der Waals surface area contributed by atoms with Crippen LogP contribution in [0.3, 0.4) is 0 Å². The van der Waals surface area contributed by atoms with Gasteiger partial charge in [-0.1, -0.05) is 13.8 Å². The number of nitrogens with two attached hydrogens (primary N) is 1. The summed E-state index contributed by atoms with van der Waals surface area (Å²) in [4.78, 5) is 14.1. The summed E-state index contributed by atoms with van der Waals surface area (Å²) in [6, 6.07) is 0.159. The van der Waals surface area contributed by atoms with Crippen molar-refractivity contribution in [2.24, 2.45) is 11.7 Å². The highest BCUT2D eigenvalue weighted by molar-refractivity contribution is 5.76. The van der Waals surface area contributed by atoms with Crippen molar-refractivity contribution in [2.45, 2.75) is 59.5 Å². The summed E-state index contributed by atoms with van der Waals surface area (Å²) in [5, 5.41) is 4.61. The van der Waals surface area contributed by atoms with Crippen LogP contribution < -0.4 is 5.73 Å². The van der Waals surface area contributed by atoms with Gasteiger partial charge >= 0.3 is 0 Å². The van der Waals surface area contributed by atoms with Crippen LogP contribution in [-0.2, 0) is 17.8 Å². The molecule has 1 aliphatic heterocycles. The van der Waals surface area contributed by atoms with Crippen LogP contribution in [-0.4, -0.2) is 39.7 Å². The Bertz CT molecular complexity index is 507. The van der Waals surface area contributed by atoms with Crippen LogP contribution >= 0.6 is 0 Å². The van der Waals surface area contributed by atoms with Gasteiger partial charge in [-0.25, -0.2) is 0 Å². The second kappa shape index (κ2) is 6.60. The van der Waals surface area contributed by atoms with Crippen LogP contribution in [0, 0.1) is 19.8 Å². The first-order valence-electron chi connectivity index (χ1n) is 7.94. The fraction of sp³-hybridized carbons (Fsp3) is 0.750. The average Bonchev–Trinajstić information content (AvgIpc) is 2.93. The van der Waals surface area contributed by atoms with Crippen molar-refractivity contribution >= 4 is 5.91 Å². The fourth-order valence-corrected chi connectivity index (χ4v) is 3.02. The fourth-order valence-electron chi connectivity index (χ4n) is 3.02. The summed E-state index contributed by atoms with van der Waals surface area (Å²) in [5.74, 6) is 0.793. The van der Waals surface area contributed by atoms with Gasteiger partial charge in [0.05, 0.1) is 5.69 Å². The van der Waals surface area contributed by atoms with Crippen LogP contribution in [0.4, 0.5) is 0 Å². The lowest BCUT2D eigenvalue weighted by molar-refractivity contribution is -0.130. The van der Waals surface area contributed by atoms with E-state index >= 15 is 0 Å². The minimum absolute atomic E-state index is 0.159. The van der Waals surface area contributed by atoms with Gasteiger partial charge in [-0.3, -0.25) is 9.48 Å². The first-order valence-corrected chi connectivity index (χ1v) is 7.94. The highest BCUT2D eigenvalue weighted by Crippen LogP contribution is 2.18. The summed E-state index contributed by atoms with van der Waals surface area (Å²) in [7, 11) is 0. The molecule has 0 unspecified atom stereocenters. The molecule has 0 aliphatic carbocycles. The molecule has 1 aromatic heterocycles. The molecule has 0 saturated carbocycles. The molecule has 1 amide bonds. The molecule has 1 aliphatic rings. The third kappa shape index (κ3) is 3.84. The van der Waals surface area contributed by atoms with Gasteiger partial charge in [0.2, 0.25) is 5.91 Å². The van der Waals surface area contributed by atoms with E-state index in [0.29, 0.717) is 18.9 Å². The normalized spacial score (nSPS) is 18.8. The molecular formula is C16H28N4O. The van der Waals surface area contributed by atoms with Crippen LogP contribution in [0.2, 0.25) is 0 Å². The van der Waals surface area contributed by atoms with Crippen molar-refractivity contribution in [2.75, 3.05) is 13.1 Å². The maximum absolute atomic E-state index is 12.2. The molecule has 0 spiro atoms. The van der Waals surface area contributed by atoms with Crippen molar-refractivity contribution in [3.05, 3.63) is 17.0 Å². The molecule has 0 bridgehead atoms. The topological polar surface area (TPSA) is 64.2 Å². The van der Waals surface area contributed by atoms with E-state index in [1.807, 2.05) is 11.8 Å². The number of hydrogen-bond acceptors (Lipinski definition) is 3. The van der Waals surface area contributed by atoms with Gasteiger partial charge in [0.15, 0.2) is 0 Å². The Labute approximate surface area is 127 Å². The monoisotopic (exact) mass is 292 g/mol. The summed E-state index contributed by atoms with van der Waals surface area (Å²) >= 11 is 0. The van der Waals surface area contributed by atoms with Crippen molar-refractivity contribution in [1.29, 1.82) is 0 Å². The molecule has 1 fully saturated rings. The van der Waals surface area contributed by atoms with E-state index in [2.05, 4.69) is 30.6 Å². The molecule has 2 heterocycles. The first kappa shape index (κ1) is 16.0. The Kier molecular flexibility index (Phi) is 5.04. The van der Waals surface area contributed by atoms with Crippen LogP contribution in [0.15, 0.2) is 0 Å². The van der Waals surface area contributed by atoms with E-state index in [1.165, 1.54) is 11.3 Å². The average molecular weight is 292 g/mol. The second-order valence-electron chi connectivity index (χ2n) is 6.61. The lowest BCUT2D eigenvalue weighted by Gasteiger charge is -2.15. The third-order valence-electron chi connectivity index (χ3n) is 4.24. The number of carbonyl (C=O) groups excluding carboxylic acids is 1. The van der Waals surface area contributed by atoms with Gasteiger partial charge in [-0.15, -0.1) is 0 Å². The van der Waals surface area contributed by atoms with Gasteiger partial charge in [0, 0.05) is 37.8 Å². The number of hydrogen-bond donors (Lipinski definition) is 1. The summed E-state index contributed by atoms with van der Waals surface area (Å²) in [6.07, 6.45) is 2.26. The zero-order chi connectivity index (χ0) is 15.6. The van der Waals surface area contributed by atoms with Crippen LogP contribution in [0.1, 0.15) is 43.6 Å². The van der Waals surface area contributed by atoms with E-state index < -0.39 is 0 Å². The predicted molar refractivity (Wildman–Crippen MR) is 84.0 cm³/mol. The van der Waals surface area contributed by atoms with Crippen molar-refractivity contribution in [3.8, 4) is 0 Å². The zero-order valence-corrected chi connectivity index (χ0v) is 13.7. The van der Waals surface area contributed by atoms with Gasteiger partial charge < -0.3 is 10.6 Å². The minimum atomic E-state index is 0.159. The Morgan fingerprint density at radius 1 is 1.43 bits per heavy atom. The second-order valence-corrected chi connectivity index (χ2v) is 6.61. The van der Waals surface area contributed by atoms with E-state index in [-0.39, 0.29) is 11.9 Å². The minimum Gasteiger partial charge on any atom is -0.341 e. The number of carbonyl (C=O) groups is 1. The van der Waals surface area contributed by atoms with E-state index in [4.69, 9.17) is 5.73 Å². The molecule has 2 N–H and O–H groups in total. The van der Waals surface area contributed by atoms with Gasteiger partial charge in [0.25, 0.3) is 0 Å². The van der Waals surface area contributed by atoms with Crippen molar-refractivity contribution in [1.82, 2.24) is 14.7 Å². The summed E-state index contributed by atoms with van der Waals surface area (Å²) in [5.41, 5.74) is 9.35. The van der Waals surface area contributed by atoms with E-state index in [9.17, 15) is 4.79 Å². The molecule has 1 aromatic rings. The Balaban J connectivity index is 1.97. The Morgan fingerprint density at radius 2 is 2.14 bits per heavy atom. The van der Waals surface area contributed by atoms with E-state index in [0.717, 1.165) is 31.6 Å². The van der Waals surface area contributed by atoms with Crippen molar-refractivity contribution in [3.63, 3.8) is 0 Å². The summed E-state index contributed by atoms with van der Waals surface area (Å²) in [6.45, 7) is 11.0. The van der Waals surface area contributed by atoms with Gasteiger partial charge in [-0.2, -0.15) is 5.10 Å². The Hall–Kier alpha value is -1.36. The number of aryl methyl sites for hydroxylation is 1. The molecule has 21 heavy (non-hydrogen) atoms. The van der Waals surface area contributed by atoms with Gasteiger partial charge in [-0.05, 0) is 38.2 Å². The van der Waals surface area contributed by atoms with Crippen LogP contribution in [0.25, 0.3) is 0 Å². The van der Waals surface area contributed by atoms with E-state index in [1.54, 1.807) is 0 Å². The smallest absolute Gasteiger partial charge is 0.222 e.